The second-order valence-corrected chi connectivity index (χ2v) is 6.33. The molecule has 0 fully saturated rings. The van der Waals surface area contributed by atoms with Crippen molar-refractivity contribution in [1.82, 2.24) is 10.6 Å². The number of carbonyl (C=O) groups excluding carboxylic acids is 2. The van der Waals surface area contributed by atoms with Crippen molar-refractivity contribution in [2.24, 2.45) is 0 Å². The van der Waals surface area contributed by atoms with Crippen molar-refractivity contribution < 1.29 is 23.8 Å². The van der Waals surface area contributed by atoms with Crippen LogP contribution in [0, 0.1) is 0 Å². The normalized spacial score (nSPS) is 15.9. The molecule has 0 aliphatic carbocycles. The van der Waals surface area contributed by atoms with Gasteiger partial charge < -0.3 is 30.2 Å². The minimum Gasteiger partial charge on any atom is -0.497 e. The third-order valence-corrected chi connectivity index (χ3v) is 4.62. The number of rotatable bonds is 6. The number of benzene rings is 2. The van der Waals surface area contributed by atoms with Gasteiger partial charge in [-0.3, -0.25) is 4.79 Å². The highest BCUT2D eigenvalue weighted by Crippen LogP contribution is 2.36. The first-order chi connectivity index (χ1) is 14.0. The molecular formula is C21H23N3O5. The summed E-state index contributed by atoms with van der Waals surface area (Å²) in [5.74, 6) is 1.26. The number of hydrogen-bond acceptors (Lipinski definition) is 5. The lowest BCUT2D eigenvalue weighted by atomic mass is 9.94. The van der Waals surface area contributed by atoms with Crippen molar-refractivity contribution in [3.8, 4) is 17.2 Å². The highest BCUT2D eigenvalue weighted by molar-refractivity contribution is 6.07. The molecule has 8 heteroatoms. The SMILES string of the molecule is COc1ccc([C@H]2NC(=O)NC(C)=C2C(=O)Nc2ccccc2OC)c(OC)c1. The lowest BCUT2D eigenvalue weighted by Crippen LogP contribution is -2.46. The average molecular weight is 397 g/mol. The van der Waals surface area contributed by atoms with Gasteiger partial charge in [0.1, 0.15) is 17.2 Å². The molecule has 1 aliphatic heterocycles. The van der Waals surface area contributed by atoms with Crippen LogP contribution in [0.25, 0.3) is 0 Å². The first-order valence-corrected chi connectivity index (χ1v) is 8.93. The number of allylic oxidation sites excluding steroid dienone is 1. The Balaban J connectivity index is 2.01. The van der Waals surface area contributed by atoms with Crippen molar-refractivity contribution in [3.63, 3.8) is 0 Å². The van der Waals surface area contributed by atoms with Gasteiger partial charge in [0.25, 0.3) is 5.91 Å². The summed E-state index contributed by atoms with van der Waals surface area (Å²) in [6, 6.07) is 11.2. The number of ether oxygens (including phenoxy) is 3. The summed E-state index contributed by atoms with van der Waals surface area (Å²) in [5.41, 5.74) is 1.97. The Bertz CT molecular complexity index is 971. The summed E-state index contributed by atoms with van der Waals surface area (Å²) in [6.07, 6.45) is 0. The lowest BCUT2D eigenvalue weighted by Gasteiger charge is -2.29. The maximum absolute atomic E-state index is 13.2. The topological polar surface area (TPSA) is 97.9 Å². The molecule has 0 radical (unpaired) electrons. The molecule has 0 unspecified atom stereocenters. The first kappa shape index (κ1) is 20.1. The second kappa shape index (κ2) is 8.55. The summed E-state index contributed by atoms with van der Waals surface area (Å²) < 4.78 is 16.0. The van der Waals surface area contributed by atoms with Crippen LogP contribution in [0.2, 0.25) is 0 Å². The van der Waals surface area contributed by atoms with Crippen LogP contribution >= 0.6 is 0 Å². The molecule has 2 aromatic carbocycles. The van der Waals surface area contributed by atoms with Gasteiger partial charge in [0.2, 0.25) is 0 Å². The van der Waals surface area contributed by atoms with Crippen LogP contribution < -0.4 is 30.2 Å². The van der Waals surface area contributed by atoms with E-state index in [2.05, 4.69) is 16.0 Å². The number of amides is 3. The average Bonchev–Trinajstić information content (AvgIpc) is 2.72. The van der Waals surface area contributed by atoms with Gasteiger partial charge in [0, 0.05) is 17.3 Å². The van der Waals surface area contributed by atoms with Crippen molar-refractivity contribution in [2.75, 3.05) is 26.6 Å². The van der Waals surface area contributed by atoms with Crippen LogP contribution in [-0.2, 0) is 4.79 Å². The van der Waals surface area contributed by atoms with Crippen LogP contribution in [0.3, 0.4) is 0 Å². The van der Waals surface area contributed by atoms with Crippen LogP contribution in [0.15, 0.2) is 53.7 Å². The summed E-state index contributed by atoms with van der Waals surface area (Å²) in [7, 11) is 4.60. The maximum Gasteiger partial charge on any atom is 0.319 e. The molecule has 29 heavy (non-hydrogen) atoms. The van der Waals surface area contributed by atoms with Gasteiger partial charge in [-0.05, 0) is 31.2 Å². The van der Waals surface area contributed by atoms with E-state index in [1.54, 1.807) is 50.4 Å². The minimum absolute atomic E-state index is 0.360. The minimum atomic E-state index is -0.709. The van der Waals surface area contributed by atoms with Crippen molar-refractivity contribution in [3.05, 3.63) is 59.3 Å². The molecule has 8 nitrogen and oxygen atoms in total. The van der Waals surface area contributed by atoms with E-state index in [1.165, 1.54) is 14.2 Å². The van der Waals surface area contributed by atoms with E-state index in [0.717, 1.165) is 0 Å². The fourth-order valence-electron chi connectivity index (χ4n) is 3.22. The number of carbonyl (C=O) groups is 2. The predicted octanol–water partition coefficient (Wildman–Crippen LogP) is 2.98. The van der Waals surface area contributed by atoms with Gasteiger partial charge in [-0.1, -0.05) is 12.1 Å². The Morgan fingerprint density at radius 2 is 1.72 bits per heavy atom. The zero-order valence-corrected chi connectivity index (χ0v) is 16.7. The third kappa shape index (κ3) is 4.11. The molecule has 0 bridgehead atoms. The van der Waals surface area contributed by atoms with Gasteiger partial charge >= 0.3 is 6.03 Å². The largest absolute Gasteiger partial charge is 0.497 e. The van der Waals surface area contributed by atoms with Gasteiger partial charge in [0.15, 0.2) is 0 Å². The molecule has 152 valence electrons. The summed E-state index contributed by atoms with van der Waals surface area (Å²) >= 11 is 0. The van der Waals surface area contributed by atoms with Crippen molar-refractivity contribution in [1.29, 1.82) is 0 Å². The molecule has 0 saturated heterocycles. The van der Waals surface area contributed by atoms with E-state index in [9.17, 15) is 9.59 Å². The van der Waals surface area contributed by atoms with Crippen LogP contribution in [0.4, 0.5) is 10.5 Å². The summed E-state index contributed by atoms with van der Waals surface area (Å²) in [6.45, 7) is 1.68. The van der Waals surface area contributed by atoms with E-state index >= 15 is 0 Å². The molecule has 1 atom stereocenters. The molecule has 1 aliphatic rings. The van der Waals surface area contributed by atoms with Gasteiger partial charge in [-0.2, -0.15) is 0 Å². The number of para-hydroxylation sites is 2. The van der Waals surface area contributed by atoms with Crippen molar-refractivity contribution >= 4 is 17.6 Å². The summed E-state index contributed by atoms with van der Waals surface area (Å²) in [4.78, 5) is 25.3. The smallest absolute Gasteiger partial charge is 0.319 e. The lowest BCUT2D eigenvalue weighted by molar-refractivity contribution is -0.113. The first-order valence-electron chi connectivity index (χ1n) is 8.93. The van der Waals surface area contributed by atoms with E-state index in [0.29, 0.717) is 39.8 Å². The molecule has 3 N–H and O–H groups in total. The zero-order valence-electron chi connectivity index (χ0n) is 16.7. The van der Waals surface area contributed by atoms with Crippen LogP contribution in [0.1, 0.15) is 18.5 Å². The number of nitrogens with one attached hydrogen (secondary N) is 3. The molecule has 0 aromatic heterocycles. The zero-order chi connectivity index (χ0) is 21.0. The monoisotopic (exact) mass is 397 g/mol. The fraction of sp³-hybridized carbons (Fsp3) is 0.238. The van der Waals surface area contributed by atoms with E-state index < -0.39 is 12.1 Å². The maximum atomic E-state index is 13.2. The second-order valence-electron chi connectivity index (χ2n) is 6.33. The van der Waals surface area contributed by atoms with Gasteiger partial charge in [0.05, 0.1) is 38.6 Å². The molecule has 3 rings (SSSR count). The molecule has 3 amide bonds. The molecular weight excluding hydrogens is 374 g/mol. The Morgan fingerprint density at radius 3 is 2.41 bits per heavy atom. The predicted molar refractivity (Wildman–Crippen MR) is 108 cm³/mol. The van der Waals surface area contributed by atoms with E-state index in [1.807, 2.05) is 6.07 Å². The van der Waals surface area contributed by atoms with Crippen LogP contribution in [-0.4, -0.2) is 33.3 Å². The third-order valence-electron chi connectivity index (χ3n) is 4.62. The molecule has 0 saturated carbocycles. The van der Waals surface area contributed by atoms with E-state index in [-0.39, 0.29) is 5.91 Å². The van der Waals surface area contributed by atoms with Gasteiger partial charge in [-0.25, -0.2) is 4.79 Å². The van der Waals surface area contributed by atoms with E-state index in [4.69, 9.17) is 14.2 Å². The summed E-state index contributed by atoms with van der Waals surface area (Å²) in [5, 5.41) is 8.31. The highest BCUT2D eigenvalue weighted by atomic mass is 16.5. The number of urea groups is 1. The Morgan fingerprint density at radius 1 is 1.00 bits per heavy atom. The highest BCUT2D eigenvalue weighted by Gasteiger charge is 2.33. The Hall–Kier alpha value is -3.68. The number of hydrogen-bond donors (Lipinski definition) is 3. The quantitative estimate of drug-likeness (QED) is 0.696. The van der Waals surface area contributed by atoms with Gasteiger partial charge in [-0.15, -0.1) is 0 Å². The standard InChI is InChI=1S/C21H23N3O5/c1-12-18(20(25)23-15-7-5-6-8-16(15)28-3)19(24-21(26)22-12)14-10-9-13(27-2)11-17(14)29-4/h5-11,19H,1-4H3,(H,23,25)(H2,22,24,26)/t19-/m1/s1. The molecule has 1 heterocycles. The van der Waals surface area contributed by atoms with Crippen LogP contribution in [0.5, 0.6) is 17.2 Å². The Kier molecular flexibility index (Phi) is 5.92. The Labute approximate surface area is 168 Å². The molecule has 0 spiro atoms. The number of methoxy groups -OCH3 is 3. The molecule has 2 aromatic rings. The fourth-order valence-corrected chi connectivity index (χ4v) is 3.22. The number of anilines is 1. The van der Waals surface area contributed by atoms with Crippen molar-refractivity contribution in [2.45, 2.75) is 13.0 Å².